The molecule has 0 aliphatic carbocycles. The summed E-state index contributed by atoms with van der Waals surface area (Å²) in [5.41, 5.74) is 2.92. The zero-order valence-corrected chi connectivity index (χ0v) is 14.5. The van der Waals surface area contributed by atoms with Gasteiger partial charge >= 0.3 is 0 Å². The highest BCUT2D eigenvalue weighted by atomic mass is 16.3. The van der Waals surface area contributed by atoms with Crippen molar-refractivity contribution in [1.29, 1.82) is 0 Å². The summed E-state index contributed by atoms with van der Waals surface area (Å²) in [6.07, 6.45) is 0. The molecular weight excluding hydrogens is 312 g/mol. The van der Waals surface area contributed by atoms with Gasteiger partial charge in [-0.15, -0.1) is 0 Å². The minimum absolute atomic E-state index is 0.0471. The predicted octanol–water partition coefficient (Wildman–Crippen LogP) is 4.33. The molecule has 0 spiro atoms. The molecule has 3 rings (SSSR count). The van der Waals surface area contributed by atoms with E-state index in [1.807, 2.05) is 85.6 Å². The van der Waals surface area contributed by atoms with Crippen molar-refractivity contribution in [1.82, 2.24) is 4.90 Å². The number of likely N-dealkylation sites (N-methyl/N-ethyl adjacent to an activating group) is 1. The Bertz CT molecular complexity index is 840. The molecule has 1 heterocycles. The van der Waals surface area contributed by atoms with Crippen molar-refractivity contribution >= 4 is 11.6 Å². The summed E-state index contributed by atoms with van der Waals surface area (Å²) in [5, 5.41) is 3.02. The number of carbonyl (C=O) groups excluding carboxylic acids is 1. The van der Waals surface area contributed by atoms with Gasteiger partial charge < -0.3 is 9.73 Å². The second-order valence-corrected chi connectivity index (χ2v) is 6.14. The Kier molecular flexibility index (Phi) is 5.31. The molecule has 0 fully saturated rings. The van der Waals surface area contributed by atoms with E-state index in [0.717, 1.165) is 28.3 Å². The Morgan fingerprint density at radius 2 is 1.72 bits per heavy atom. The SMILES string of the molecule is Cc1ccc(CN(C)CC(=O)Nc2ccccc2-c2ccccc2)o1. The van der Waals surface area contributed by atoms with Gasteiger partial charge in [0.05, 0.1) is 13.1 Å². The number of hydrogen-bond acceptors (Lipinski definition) is 3. The molecule has 1 amide bonds. The third-order valence-corrected chi connectivity index (χ3v) is 3.92. The first-order valence-electron chi connectivity index (χ1n) is 8.30. The molecular formula is C21H22N2O2. The summed E-state index contributed by atoms with van der Waals surface area (Å²) < 4.78 is 5.56. The van der Waals surface area contributed by atoms with Crippen molar-refractivity contribution in [2.75, 3.05) is 18.9 Å². The van der Waals surface area contributed by atoms with Crippen molar-refractivity contribution in [3.05, 3.63) is 78.3 Å². The van der Waals surface area contributed by atoms with Gasteiger partial charge in [0.2, 0.25) is 5.91 Å². The van der Waals surface area contributed by atoms with Crippen molar-refractivity contribution in [3.8, 4) is 11.1 Å². The van der Waals surface area contributed by atoms with Gasteiger partial charge in [-0.2, -0.15) is 0 Å². The molecule has 0 aliphatic rings. The van der Waals surface area contributed by atoms with Gasteiger partial charge in [0.1, 0.15) is 11.5 Å². The minimum atomic E-state index is -0.0471. The van der Waals surface area contributed by atoms with Crippen molar-refractivity contribution < 1.29 is 9.21 Å². The second-order valence-electron chi connectivity index (χ2n) is 6.14. The zero-order chi connectivity index (χ0) is 17.6. The standard InChI is InChI=1S/C21H22N2O2/c1-16-12-13-18(25-16)14-23(2)15-21(24)22-20-11-7-6-10-19(20)17-8-4-3-5-9-17/h3-13H,14-15H2,1-2H3,(H,22,24). The average molecular weight is 334 g/mol. The second kappa shape index (κ2) is 7.81. The molecule has 0 atom stereocenters. The quantitative estimate of drug-likeness (QED) is 0.730. The van der Waals surface area contributed by atoms with Gasteiger partial charge in [-0.1, -0.05) is 48.5 Å². The van der Waals surface area contributed by atoms with Gasteiger partial charge in [0, 0.05) is 11.3 Å². The van der Waals surface area contributed by atoms with E-state index in [2.05, 4.69) is 5.32 Å². The van der Waals surface area contributed by atoms with E-state index in [1.165, 1.54) is 0 Å². The summed E-state index contributed by atoms with van der Waals surface area (Å²) in [7, 11) is 1.90. The Morgan fingerprint density at radius 3 is 2.44 bits per heavy atom. The monoisotopic (exact) mass is 334 g/mol. The number of carbonyl (C=O) groups is 1. The van der Waals surface area contributed by atoms with Crippen LogP contribution in [0, 0.1) is 6.92 Å². The number of nitrogens with zero attached hydrogens (tertiary/aromatic N) is 1. The van der Waals surface area contributed by atoms with Gasteiger partial charge in [0.15, 0.2) is 0 Å². The zero-order valence-electron chi connectivity index (χ0n) is 14.5. The van der Waals surface area contributed by atoms with Crippen LogP contribution in [0.5, 0.6) is 0 Å². The minimum Gasteiger partial charge on any atom is -0.465 e. The third-order valence-electron chi connectivity index (χ3n) is 3.92. The molecule has 4 nitrogen and oxygen atoms in total. The number of anilines is 1. The molecule has 1 N–H and O–H groups in total. The fourth-order valence-corrected chi connectivity index (χ4v) is 2.79. The molecule has 0 radical (unpaired) electrons. The molecule has 1 aromatic heterocycles. The predicted molar refractivity (Wildman–Crippen MR) is 100 cm³/mol. The lowest BCUT2D eigenvalue weighted by Gasteiger charge is -2.16. The van der Waals surface area contributed by atoms with Crippen molar-refractivity contribution in [3.63, 3.8) is 0 Å². The van der Waals surface area contributed by atoms with Crippen LogP contribution in [0.25, 0.3) is 11.1 Å². The van der Waals surface area contributed by atoms with Crippen LogP contribution in [-0.4, -0.2) is 24.4 Å². The van der Waals surface area contributed by atoms with Crippen LogP contribution in [0.1, 0.15) is 11.5 Å². The van der Waals surface area contributed by atoms with E-state index in [9.17, 15) is 4.79 Å². The van der Waals surface area contributed by atoms with Crippen LogP contribution in [0.3, 0.4) is 0 Å². The molecule has 0 unspecified atom stereocenters. The first-order valence-corrected chi connectivity index (χ1v) is 8.30. The summed E-state index contributed by atoms with van der Waals surface area (Å²) in [6, 6.07) is 21.8. The topological polar surface area (TPSA) is 45.5 Å². The van der Waals surface area contributed by atoms with Crippen LogP contribution < -0.4 is 5.32 Å². The Morgan fingerprint density at radius 1 is 1.00 bits per heavy atom. The lowest BCUT2D eigenvalue weighted by molar-refractivity contribution is -0.117. The summed E-state index contributed by atoms with van der Waals surface area (Å²) in [5.74, 6) is 1.69. The van der Waals surface area contributed by atoms with E-state index < -0.39 is 0 Å². The first kappa shape index (κ1) is 17.0. The lowest BCUT2D eigenvalue weighted by atomic mass is 10.0. The number of para-hydroxylation sites is 1. The molecule has 0 saturated heterocycles. The fraction of sp³-hybridized carbons (Fsp3) is 0.190. The summed E-state index contributed by atoms with van der Waals surface area (Å²) in [4.78, 5) is 14.3. The molecule has 0 saturated carbocycles. The van der Waals surface area contributed by atoms with Crippen LogP contribution in [0.2, 0.25) is 0 Å². The maximum Gasteiger partial charge on any atom is 0.238 e. The highest BCUT2D eigenvalue weighted by molar-refractivity contribution is 5.96. The number of aryl methyl sites for hydroxylation is 1. The van der Waals surface area contributed by atoms with E-state index in [-0.39, 0.29) is 5.91 Å². The summed E-state index contributed by atoms with van der Waals surface area (Å²) in [6.45, 7) is 2.81. The normalized spacial score (nSPS) is 10.8. The van der Waals surface area contributed by atoms with E-state index in [0.29, 0.717) is 13.1 Å². The largest absolute Gasteiger partial charge is 0.465 e. The number of nitrogens with one attached hydrogen (secondary N) is 1. The van der Waals surface area contributed by atoms with E-state index >= 15 is 0 Å². The number of benzene rings is 2. The number of rotatable bonds is 6. The Labute approximate surface area is 148 Å². The number of hydrogen-bond donors (Lipinski definition) is 1. The summed E-state index contributed by atoms with van der Waals surface area (Å²) >= 11 is 0. The Balaban J connectivity index is 1.65. The average Bonchev–Trinajstić information content (AvgIpc) is 3.00. The first-order chi connectivity index (χ1) is 12.1. The van der Waals surface area contributed by atoms with Gasteiger partial charge in [0.25, 0.3) is 0 Å². The molecule has 3 aromatic rings. The van der Waals surface area contributed by atoms with E-state index in [1.54, 1.807) is 0 Å². The maximum atomic E-state index is 12.4. The van der Waals surface area contributed by atoms with E-state index in [4.69, 9.17) is 4.42 Å². The Hall–Kier alpha value is -2.85. The maximum absolute atomic E-state index is 12.4. The smallest absolute Gasteiger partial charge is 0.238 e. The number of furan rings is 1. The highest BCUT2D eigenvalue weighted by Crippen LogP contribution is 2.27. The van der Waals surface area contributed by atoms with Crippen molar-refractivity contribution in [2.24, 2.45) is 0 Å². The molecule has 0 aliphatic heterocycles. The van der Waals surface area contributed by atoms with Gasteiger partial charge in [-0.3, -0.25) is 9.69 Å². The van der Waals surface area contributed by atoms with Gasteiger partial charge in [-0.25, -0.2) is 0 Å². The molecule has 128 valence electrons. The van der Waals surface area contributed by atoms with Crippen molar-refractivity contribution in [2.45, 2.75) is 13.5 Å². The van der Waals surface area contributed by atoms with Crippen LogP contribution in [0.15, 0.2) is 71.1 Å². The molecule has 2 aromatic carbocycles. The van der Waals surface area contributed by atoms with Crippen LogP contribution in [-0.2, 0) is 11.3 Å². The van der Waals surface area contributed by atoms with Crippen LogP contribution in [0.4, 0.5) is 5.69 Å². The third kappa shape index (κ3) is 4.58. The fourth-order valence-electron chi connectivity index (χ4n) is 2.79. The van der Waals surface area contributed by atoms with Gasteiger partial charge in [-0.05, 0) is 37.7 Å². The number of amides is 1. The highest BCUT2D eigenvalue weighted by Gasteiger charge is 2.11. The lowest BCUT2D eigenvalue weighted by Crippen LogP contribution is -2.29. The molecule has 25 heavy (non-hydrogen) atoms. The molecule has 0 bridgehead atoms. The molecule has 4 heteroatoms. The van der Waals surface area contributed by atoms with Crippen LogP contribution >= 0.6 is 0 Å².